The quantitative estimate of drug-likeness (QED) is 0.862. The first-order valence-corrected chi connectivity index (χ1v) is 6.18. The molecule has 0 aliphatic rings. The standard InChI is InChI=1S/C13H18ClNO3/c1-8(2)15-13(17)9(3)18-12-6-4-5-11(14)10(12)7-16/h4-6,8-9,16H,7H2,1-3H3,(H,15,17). The van der Waals surface area contributed by atoms with Crippen molar-refractivity contribution in [1.29, 1.82) is 0 Å². The number of halogens is 1. The van der Waals surface area contributed by atoms with E-state index in [1.54, 1.807) is 25.1 Å². The molecule has 0 heterocycles. The van der Waals surface area contributed by atoms with Gasteiger partial charge in [-0.05, 0) is 32.9 Å². The molecule has 5 heteroatoms. The largest absolute Gasteiger partial charge is 0.480 e. The van der Waals surface area contributed by atoms with Gasteiger partial charge in [0.25, 0.3) is 5.91 Å². The average Bonchev–Trinajstić information content (AvgIpc) is 2.28. The number of nitrogens with one attached hydrogen (secondary N) is 1. The highest BCUT2D eigenvalue weighted by molar-refractivity contribution is 6.31. The summed E-state index contributed by atoms with van der Waals surface area (Å²) in [4.78, 5) is 11.7. The Morgan fingerprint density at radius 3 is 2.67 bits per heavy atom. The van der Waals surface area contributed by atoms with E-state index in [2.05, 4.69) is 5.32 Å². The van der Waals surface area contributed by atoms with Crippen LogP contribution in [-0.2, 0) is 11.4 Å². The zero-order valence-corrected chi connectivity index (χ0v) is 11.5. The third-order valence-corrected chi connectivity index (χ3v) is 2.69. The number of benzene rings is 1. The molecule has 0 aliphatic carbocycles. The minimum Gasteiger partial charge on any atom is -0.480 e. The third kappa shape index (κ3) is 3.89. The van der Waals surface area contributed by atoms with Gasteiger partial charge in [-0.3, -0.25) is 4.79 Å². The molecule has 1 amide bonds. The third-order valence-electron chi connectivity index (χ3n) is 2.34. The molecule has 0 fully saturated rings. The molecule has 1 aromatic carbocycles. The zero-order valence-electron chi connectivity index (χ0n) is 10.7. The molecule has 0 saturated heterocycles. The van der Waals surface area contributed by atoms with Gasteiger partial charge in [0.2, 0.25) is 0 Å². The van der Waals surface area contributed by atoms with Crippen molar-refractivity contribution in [2.45, 2.75) is 39.5 Å². The second-order valence-corrected chi connectivity index (χ2v) is 4.71. The molecule has 0 spiro atoms. The smallest absolute Gasteiger partial charge is 0.260 e. The van der Waals surface area contributed by atoms with Crippen molar-refractivity contribution in [1.82, 2.24) is 5.32 Å². The molecule has 0 aromatic heterocycles. The number of ether oxygens (including phenoxy) is 1. The Labute approximate surface area is 112 Å². The Balaban J connectivity index is 2.78. The lowest BCUT2D eigenvalue weighted by atomic mass is 10.2. The lowest BCUT2D eigenvalue weighted by Crippen LogP contribution is -2.40. The number of hydrogen-bond donors (Lipinski definition) is 2. The zero-order chi connectivity index (χ0) is 13.7. The monoisotopic (exact) mass is 271 g/mol. The Morgan fingerprint density at radius 2 is 2.11 bits per heavy atom. The number of aliphatic hydroxyl groups excluding tert-OH is 1. The molecule has 2 N–H and O–H groups in total. The van der Waals surface area contributed by atoms with E-state index in [1.807, 2.05) is 13.8 Å². The maximum absolute atomic E-state index is 11.7. The van der Waals surface area contributed by atoms with Crippen molar-refractivity contribution in [3.8, 4) is 5.75 Å². The van der Waals surface area contributed by atoms with E-state index in [0.29, 0.717) is 16.3 Å². The predicted molar refractivity (Wildman–Crippen MR) is 70.7 cm³/mol. The van der Waals surface area contributed by atoms with Gasteiger partial charge in [0, 0.05) is 16.6 Å². The van der Waals surface area contributed by atoms with Crippen molar-refractivity contribution < 1.29 is 14.6 Å². The average molecular weight is 272 g/mol. The fourth-order valence-corrected chi connectivity index (χ4v) is 1.67. The summed E-state index contributed by atoms with van der Waals surface area (Å²) in [5.74, 6) is 0.227. The highest BCUT2D eigenvalue weighted by Crippen LogP contribution is 2.27. The van der Waals surface area contributed by atoms with E-state index < -0.39 is 6.10 Å². The number of hydrogen-bond acceptors (Lipinski definition) is 3. The van der Waals surface area contributed by atoms with Crippen LogP contribution in [0.15, 0.2) is 18.2 Å². The summed E-state index contributed by atoms with van der Waals surface area (Å²) in [5, 5.41) is 12.4. The van der Waals surface area contributed by atoms with Crippen molar-refractivity contribution in [3.63, 3.8) is 0 Å². The number of carbonyl (C=O) groups excluding carboxylic acids is 1. The Hall–Kier alpha value is -1.26. The maximum Gasteiger partial charge on any atom is 0.260 e. The van der Waals surface area contributed by atoms with Crippen molar-refractivity contribution in [3.05, 3.63) is 28.8 Å². The summed E-state index contributed by atoms with van der Waals surface area (Å²) in [6.07, 6.45) is -0.642. The molecule has 1 aromatic rings. The van der Waals surface area contributed by atoms with Crippen LogP contribution in [0.3, 0.4) is 0 Å². The van der Waals surface area contributed by atoms with Gasteiger partial charge in [0.15, 0.2) is 6.10 Å². The van der Waals surface area contributed by atoms with Crippen LogP contribution in [0, 0.1) is 0 Å². The van der Waals surface area contributed by atoms with E-state index >= 15 is 0 Å². The van der Waals surface area contributed by atoms with Crippen LogP contribution in [-0.4, -0.2) is 23.2 Å². The Morgan fingerprint density at radius 1 is 1.44 bits per heavy atom. The summed E-state index contributed by atoms with van der Waals surface area (Å²) < 4.78 is 5.52. The number of rotatable bonds is 5. The van der Waals surface area contributed by atoms with Crippen LogP contribution in [0.4, 0.5) is 0 Å². The summed E-state index contributed by atoms with van der Waals surface area (Å²) in [6.45, 7) is 5.18. The van der Waals surface area contributed by atoms with E-state index in [1.165, 1.54) is 0 Å². The van der Waals surface area contributed by atoms with Crippen LogP contribution < -0.4 is 10.1 Å². The van der Waals surface area contributed by atoms with Gasteiger partial charge >= 0.3 is 0 Å². The summed E-state index contributed by atoms with van der Waals surface area (Å²) in [6, 6.07) is 5.11. The molecule has 0 bridgehead atoms. The van der Waals surface area contributed by atoms with Gasteiger partial charge in [-0.1, -0.05) is 17.7 Å². The summed E-state index contributed by atoms with van der Waals surface area (Å²) in [5.41, 5.74) is 0.489. The minimum absolute atomic E-state index is 0.0558. The molecule has 1 unspecified atom stereocenters. The van der Waals surface area contributed by atoms with E-state index in [0.717, 1.165) is 0 Å². The van der Waals surface area contributed by atoms with Gasteiger partial charge < -0.3 is 15.2 Å². The topological polar surface area (TPSA) is 58.6 Å². The van der Waals surface area contributed by atoms with Gasteiger partial charge in [0.05, 0.1) is 6.61 Å². The first-order chi connectivity index (χ1) is 8.45. The highest BCUT2D eigenvalue weighted by atomic mass is 35.5. The number of amides is 1. The lowest BCUT2D eigenvalue weighted by Gasteiger charge is -2.18. The van der Waals surface area contributed by atoms with E-state index in [4.69, 9.17) is 16.3 Å². The SMILES string of the molecule is CC(C)NC(=O)C(C)Oc1cccc(Cl)c1CO. The Kier molecular flexibility index (Phi) is 5.44. The summed E-state index contributed by atoms with van der Waals surface area (Å²) >= 11 is 5.94. The first kappa shape index (κ1) is 14.8. The second-order valence-electron chi connectivity index (χ2n) is 4.30. The number of aliphatic hydroxyl groups is 1. The van der Waals surface area contributed by atoms with Crippen LogP contribution in [0.2, 0.25) is 5.02 Å². The minimum atomic E-state index is -0.642. The fourth-order valence-electron chi connectivity index (χ4n) is 1.45. The highest BCUT2D eigenvalue weighted by Gasteiger charge is 2.17. The predicted octanol–water partition coefficient (Wildman–Crippen LogP) is 2.12. The molecule has 1 rings (SSSR count). The van der Waals surface area contributed by atoms with Gasteiger partial charge in [0.1, 0.15) is 5.75 Å². The molecule has 0 radical (unpaired) electrons. The van der Waals surface area contributed by atoms with E-state index in [-0.39, 0.29) is 18.6 Å². The molecule has 100 valence electrons. The van der Waals surface area contributed by atoms with Crippen LogP contribution in [0.5, 0.6) is 5.75 Å². The van der Waals surface area contributed by atoms with Gasteiger partial charge in [-0.25, -0.2) is 0 Å². The van der Waals surface area contributed by atoms with E-state index in [9.17, 15) is 9.90 Å². The lowest BCUT2D eigenvalue weighted by molar-refractivity contribution is -0.127. The number of carbonyl (C=O) groups is 1. The molecular weight excluding hydrogens is 254 g/mol. The summed E-state index contributed by atoms with van der Waals surface area (Å²) in [7, 11) is 0. The molecule has 4 nitrogen and oxygen atoms in total. The van der Waals surface area contributed by atoms with Crippen molar-refractivity contribution in [2.75, 3.05) is 0 Å². The van der Waals surface area contributed by atoms with Crippen molar-refractivity contribution >= 4 is 17.5 Å². The maximum atomic E-state index is 11.7. The van der Waals surface area contributed by atoms with Crippen LogP contribution in [0.1, 0.15) is 26.3 Å². The fraction of sp³-hybridized carbons (Fsp3) is 0.462. The molecule has 18 heavy (non-hydrogen) atoms. The first-order valence-electron chi connectivity index (χ1n) is 5.81. The molecule has 1 atom stereocenters. The molecule has 0 aliphatic heterocycles. The second kappa shape index (κ2) is 6.61. The van der Waals surface area contributed by atoms with Gasteiger partial charge in [-0.2, -0.15) is 0 Å². The van der Waals surface area contributed by atoms with Crippen LogP contribution >= 0.6 is 11.6 Å². The Bertz CT molecular complexity index is 421. The van der Waals surface area contributed by atoms with Crippen molar-refractivity contribution in [2.24, 2.45) is 0 Å². The molecule has 0 saturated carbocycles. The van der Waals surface area contributed by atoms with Crippen LogP contribution in [0.25, 0.3) is 0 Å². The normalized spacial score (nSPS) is 12.3. The molecular formula is C13H18ClNO3. The van der Waals surface area contributed by atoms with Gasteiger partial charge in [-0.15, -0.1) is 0 Å².